The third kappa shape index (κ3) is 5.63. The molecule has 2 aliphatic carbocycles. The topological polar surface area (TPSA) is 23.8 Å². The monoisotopic (exact) mass is 415 g/mol. The fourth-order valence-electron chi connectivity index (χ4n) is 6.17. The van der Waals surface area contributed by atoms with Gasteiger partial charge in [0.05, 0.1) is 5.56 Å². The lowest BCUT2D eigenvalue weighted by Crippen LogP contribution is -2.28. The predicted octanol–water partition coefficient (Wildman–Crippen LogP) is 8.52. The van der Waals surface area contributed by atoms with Crippen molar-refractivity contribution in [3.63, 3.8) is 0 Å². The van der Waals surface area contributed by atoms with E-state index in [2.05, 4.69) is 13.8 Å². The summed E-state index contributed by atoms with van der Waals surface area (Å²) in [4.78, 5) is 0. The van der Waals surface area contributed by atoms with E-state index >= 15 is 0 Å². The van der Waals surface area contributed by atoms with Crippen LogP contribution in [0, 0.1) is 46.6 Å². The van der Waals surface area contributed by atoms with Crippen LogP contribution >= 0.6 is 0 Å². The highest BCUT2D eigenvalue weighted by Gasteiger charge is 2.33. The number of unbranched alkanes of at least 4 members (excludes halogenated alkanes) is 3. The SMILES string of the molecule is CCCCCCC1CCC(C(C)[C@H]2CC[C@H](c3ccc(C#N)c(F)c3F)CC2)CC1. The van der Waals surface area contributed by atoms with Crippen molar-refractivity contribution in [1.82, 2.24) is 0 Å². The highest BCUT2D eigenvalue weighted by atomic mass is 19.2. The third-order valence-electron chi connectivity index (χ3n) is 8.29. The Morgan fingerprint density at radius 1 is 0.900 bits per heavy atom. The second kappa shape index (κ2) is 11.3. The van der Waals surface area contributed by atoms with Gasteiger partial charge in [0, 0.05) is 0 Å². The van der Waals surface area contributed by atoms with E-state index in [-0.39, 0.29) is 11.5 Å². The Morgan fingerprint density at radius 3 is 2.13 bits per heavy atom. The average Bonchev–Trinajstić information content (AvgIpc) is 2.79. The maximum absolute atomic E-state index is 14.4. The Bertz CT molecular complexity index is 706. The first-order valence-electron chi connectivity index (χ1n) is 12.4. The van der Waals surface area contributed by atoms with Crippen LogP contribution in [-0.2, 0) is 0 Å². The smallest absolute Gasteiger partial charge is 0.176 e. The normalized spacial score (nSPS) is 28.1. The van der Waals surface area contributed by atoms with Crippen molar-refractivity contribution in [3.05, 3.63) is 34.9 Å². The molecule has 0 amide bonds. The summed E-state index contributed by atoms with van der Waals surface area (Å²) < 4.78 is 28.4. The zero-order valence-corrected chi connectivity index (χ0v) is 18.9. The van der Waals surface area contributed by atoms with Crippen LogP contribution in [0.2, 0.25) is 0 Å². The van der Waals surface area contributed by atoms with E-state index in [0.717, 1.165) is 49.4 Å². The Kier molecular flexibility index (Phi) is 8.72. The molecule has 1 aromatic carbocycles. The summed E-state index contributed by atoms with van der Waals surface area (Å²) in [5, 5.41) is 8.89. The molecule has 1 unspecified atom stereocenters. The van der Waals surface area contributed by atoms with E-state index in [1.807, 2.05) is 0 Å². The van der Waals surface area contributed by atoms with Gasteiger partial charge in [-0.05, 0) is 79.7 Å². The van der Waals surface area contributed by atoms with Crippen LogP contribution in [0.1, 0.15) is 114 Å². The molecular formula is C27H39F2N. The largest absolute Gasteiger partial charge is 0.203 e. The van der Waals surface area contributed by atoms with E-state index in [0.29, 0.717) is 5.56 Å². The maximum Gasteiger partial charge on any atom is 0.176 e. The lowest BCUT2D eigenvalue weighted by Gasteiger charge is -2.39. The summed E-state index contributed by atoms with van der Waals surface area (Å²) in [6.07, 6.45) is 16.6. The fraction of sp³-hybridized carbons (Fsp3) is 0.741. The molecule has 2 saturated carbocycles. The van der Waals surface area contributed by atoms with Crippen molar-refractivity contribution in [3.8, 4) is 6.07 Å². The van der Waals surface area contributed by atoms with Gasteiger partial charge >= 0.3 is 0 Å². The fourth-order valence-corrected chi connectivity index (χ4v) is 6.17. The number of hydrogen-bond donors (Lipinski definition) is 0. The van der Waals surface area contributed by atoms with E-state index < -0.39 is 11.6 Å². The zero-order chi connectivity index (χ0) is 21.5. The van der Waals surface area contributed by atoms with Gasteiger partial charge in [-0.3, -0.25) is 0 Å². The molecule has 3 heteroatoms. The summed E-state index contributed by atoms with van der Waals surface area (Å²) in [7, 11) is 0. The molecule has 1 nitrogen and oxygen atoms in total. The van der Waals surface area contributed by atoms with Gasteiger partial charge in [-0.25, -0.2) is 8.78 Å². The molecule has 1 aromatic rings. The minimum Gasteiger partial charge on any atom is -0.203 e. The van der Waals surface area contributed by atoms with Crippen molar-refractivity contribution < 1.29 is 8.78 Å². The van der Waals surface area contributed by atoms with Crippen LogP contribution in [0.15, 0.2) is 12.1 Å². The average molecular weight is 416 g/mol. The quantitative estimate of drug-likeness (QED) is 0.390. The molecule has 166 valence electrons. The molecule has 0 aromatic heterocycles. The van der Waals surface area contributed by atoms with E-state index in [1.165, 1.54) is 63.9 Å². The molecule has 0 bridgehead atoms. The second-order valence-electron chi connectivity index (χ2n) is 10.0. The molecule has 2 fully saturated rings. The Balaban J connectivity index is 1.45. The lowest BCUT2D eigenvalue weighted by atomic mass is 9.66. The van der Waals surface area contributed by atoms with Gasteiger partial charge in [-0.2, -0.15) is 5.26 Å². The second-order valence-corrected chi connectivity index (χ2v) is 10.0. The summed E-state index contributed by atoms with van der Waals surface area (Å²) >= 11 is 0. The van der Waals surface area contributed by atoms with Crippen molar-refractivity contribution in [2.45, 2.75) is 103 Å². The molecule has 0 saturated heterocycles. The van der Waals surface area contributed by atoms with Gasteiger partial charge in [0.25, 0.3) is 0 Å². The first kappa shape index (κ1) is 23.2. The van der Waals surface area contributed by atoms with Crippen LogP contribution in [0.25, 0.3) is 0 Å². The molecule has 3 rings (SSSR count). The van der Waals surface area contributed by atoms with Gasteiger partial charge in [0.15, 0.2) is 11.6 Å². The molecule has 2 aliphatic rings. The van der Waals surface area contributed by atoms with E-state index in [1.54, 1.807) is 12.1 Å². The highest BCUT2D eigenvalue weighted by Crippen LogP contribution is 2.45. The summed E-state index contributed by atoms with van der Waals surface area (Å²) in [6.45, 7) is 4.72. The third-order valence-corrected chi connectivity index (χ3v) is 8.29. The molecule has 0 aliphatic heterocycles. The molecule has 0 spiro atoms. The van der Waals surface area contributed by atoms with Gasteiger partial charge in [-0.15, -0.1) is 0 Å². The number of benzene rings is 1. The molecular weight excluding hydrogens is 376 g/mol. The Labute approximate surface area is 182 Å². The predicted molar refractivity (Wildman–Crippen MR) is 119 cm³/mol. The van der Waals surface area contributed by atoms with Crippen molar-refractivity contribution in [1.29, 1.82) is 5.26 Å². The maximum atomic E-state index is 14.4. The van der Waals surface area contributed by atoms with E-state index in [4.69, 9.17) is 5.26 Å². The van der Waals surface area contributed by atoms with Crippen LogP contribution in [0.5, 0.6) is 0 Å². The summed E-state index contributed by atoms with van der Waals surface area (Å²) in [5.41, 5.74) is 0.278. The molecule has 0 N–H and O–H groups in total. The number of nitriles is 1. The van der Waals surface area contributed by atoms with Crippen LogP contribution in [-0.4, -0.2) is 0 Å². The number of nitrogens with zero attached hydrogens (tertiary/aromatic N) is 1. The van der Waals surface area contributed by atoms with Crippen LogP contribution in [0.3, 0.4) is 0 Å². The standard InChI is InChI=1S/C27H39F2N/c1-3-4-5-6-7-20-8-10-21(11-9-20)19(2)22-12-14-23(15-13-22)25-17-16-24(18-30)26(28)27(25)29/h16-17,19-23H,3-15H2,1-2H3/t19?,20?,21?,22-,23-. The Hall–Kier alpha value is -1.43. The van der Waals surface area contributed by atoms with Gasteiger partial charge in [-0.1, -0.05) is 64.9 Å². The van der Waals surface area contributed by atoms with Crippen LogP contribution in [0.4, 0.5) is 8.78 Å². The van der Waals surface area contributed by atoms with E-state index in [9.17, 15) is 8.78 Å². The zero-order valence-electron chi connectivity index (χ0n) is 18.9. The van der Waals surface area contributed by atoms with Crippen LogP contribution < -0.4 is 0 Å². The minimum absolute atomic E-state index is 0.0922. The first-order chi connectivity index (χ1) is 14.5. The number of rotatable bonds is 8. The molecule has 30 heavy (non-hydrogen) atoms. The van der Waals surface area contributed by atoms with Gasteiger partial charge < -0.3 is 0 Å². The van der Waals surface area contributed by atoms with Crippen molar-refractivity contribution in [2.24, 2.45) is 23.7 Å². The summed E-state index contributed by atoms with van der Waals surface area (Å²) in [5.74, 6) is 1.58. The number of hydrogen-bond acceptors (Lipinski definition) is 1. The summed E-state index contributed by atoms with van der Waals surface area (Å²) in [6, 6.07) is 4.80. The number of halogens is 2. The van der Waals surface area contributed by atoms with Crippen molar-refractivity contribution >= 4 is 0 Å². The van der Waals surface area contributed by atoms with Gasteiger partial charge in [0.1, 0.15) is 6.07 Å². The Morgan fingerprint density at radius 2 is 1.53 bits per heavy atom. The molecule has 1 atom stereocenters. The highest BCUT2D eigenvalue weighted by molar-refractivity contribution is 5.36. The first-order valence-corrected chi connectivity index (χ1v) is 12.4. The minimum atomic E-state index is -0.975. The molecule has 0 radical (unpaired) electrons. The molecule has 0 heterocycles. The lowest BCUT2D eigenvalue weighted by molar-refractivity contribution is 0.131. The van der Waals surface area contributed by atoms with Gasteiger partial charge in [0.2, 0.25) is 0 Å². The van der Waals surface area contributed by atoms with Crippen molar-refractivity contribution in [2.75, 3.05) is 0 Å².